The van der Waals surface area contributed by atoms with Crippen LogP contribution in [0, 0.1) is 25.3 Å². The molecule has 0 saturated heterocycles. The van der Waals surface area contributed by atoms with E-state index < -0.39 is 0 Å². The minimum absolute atomic E-state index is 0. The Morgan fingerprint density at radius 3 is 2.20 bits per heavy atom. The molecule has 6 heteroatoms. The largest absolute Gasteiger partial charge is 3.00 e. The number of aryl methyl sites for hydroxylation is 2. The van der Waals surface area contributed by atoms with E-state index >= 15 is 0 Å². The number of pyridine rings is 2. The minimum atomic E-state index is -0.0625. The van der Waals surface area contributed by atoms with Crippen molar-refractivity contribution in [2.45, 2.75) is 27.2 Å². The second-order valence-electron chi connectivity index (χ2n) is 9.42. The molecule has 0 bridgehead atoms. The number of hydrogen-bond donors (Lipinski definition) is 0. The normalized spacial score (nSPS) is 10.0. The van der Waals surface area contributed by atoms with Gasteiger partial charge in [-0.1, -0.05) is 41.8 Å². The Balaban J connectivity index is 0.000000190. The third-order valence-corrected chi connectivity index (χ3v) is 5.87. The Labute approximate surface area is 254 Å². The Kier molecular flexibility index (Phi) is 11.4. The predicted octanol–water partition coefficient (Wildman–Crippen LogP) is 7.09. The van der Waals surface area contributed by atoms with Gasteiger partial charge in [0.25, 0.3) is 0 Å². The molecule has 0 aliphatic rings. The molecular weight excluding hydrogens is 689 g/mol. The van der Waals surface area contributed by atoms with Gasteiger partial charge in [-0.25, -0.2) is 0 Å². The summed E-state index contributed by atoms with van der Waals surface area (Å²) in [7, 11) is 1.96. The monoisotopic (exact) mass is 719 g/mol. The number of carbonyl (C=O) groups is 2. The standard InChI is InChI=1S/C18H12NO.C12H10N.C5H8O2.Ir/c1-19-11-5-6-13(12-19)14-8-4-9-16-15-7-2-3-10-17(15)20-18(14)16;1-10-7-8-12(13-9-10)11-5-3-2-4-6-11;1-4(6)3-5(2)7;/h2-7,9-11H,1H3;2-5,7-9H,1H3;3H2,1-2H3;/q2*-1;;+3. The van der Waals surface area contributed by atoms with Gasteiger partial charge in [0.15, 0.2) is 0 Å². The molecule has 0 fully saturated rings. The topological polar surface area (TPSA) is 64.1 Å². The fraction of sp³-hybridized carbons (Fsp3) is 0.143. The molecule has 0 aliphatic heterocycles. The van der Waals surface area contributed by atoms with Crippen LogP contribution in [-0.4, -0.2) is 16.6 Å². The number of rotatable bonds is 4. The van der Waals surface area contributed by atoms with Crippen LogP contribution >= 0.6 is 0 Å². The fourth-order valence-corrected chi connectivity index (χ4v) is 4.09. The molecule has 0 amide bonds. The van der Waals surface area contributed by atoms with E-state index in [-0.39, 0.29) is 38.1 Å². The van der Waals surface area contributed by atoms with Crippen molar-refractivity contribution in [2.24, 2.45) is 7.05 Å². The molecule has 0 unspecified atom stereocenters. The molecule has 0 atom stereocenters. The quantitative estimate of drug-likeness (QED) is 0.111. The van der Waals surface area contributed by atoms with Crippen molar-refractivity contribution >= 4 is 33.5 Å². The van der Waals surface area contributed by atoms with Gasteiger partial charge in [-0.15, -0.1) is 42.0 Å². The number of carbonyl (C=O) groups excluding carboxylic acids is 2. The maximum Gasteiger partial charge on any atom is 3.00 e. The number of nitrogens with zero attached hydrogens (tertiary/aromatic N) is 2. The Morgan fingerprint density at radius 2 is 1.56 bits per heavy atom. The van der Waals surface area contributed by atoms with Crippen molar-refractivity contribution in [2.75, 3.05) is 0 Å². The van der Waals surface area contributed by atoms with E-state index in [0.717, 1.165) is 44.3 Å². The van der Waals surface area contributed by atoms with Gasteiger partial charge in [0.05, 0.1) is 12.6 Å². The van der Waals surface area contributed by atoms with Gasteiger partial charge in [0.1, 0.15) is 30.4 Å². The van der Waals surface area contributed by atoms with Crippen LogP contribution in [0.4, 0.5) is 0 Å². The van der Waals surface area contributed by atoms with E-state index in [4.69, 9.17) is 4.42 Å². The maximum absolute atomic E-state index is 10.0. The van der Waals surface area contributed by atoms with Gasteiger partial charge < -0.3 is 9.40 Å². The zero-order chi connectivity index (χ0) is 28.5. The first kappa shape index (κ1) is 31.3. The number of benzene rings is 3. The first-order valence-corrected chi connectivity index (χ1v) is 12.9. The summed E-state index contributed by atoms with van der Waals surface area (Å²) in [4.78, 5) is 24.4. The smallest absolute Gasteiger partial charge is 0.510 e. The molecule has 3 aromatic heterocycles. The van der Waals surface area contributed by atoms with Gasteiger partial charge in [-0.3, -0.25) is 14.2 Å². The SMILES string of the molecule is CC(=O)CC(C)=O.C[n+]1[c-]c(-c2[c-]ccc3c2oc2ccccc23)ccc1.Cc1ccc(-c2[c-]cccc2)nc1.[Ir+3]. The first-order chi connectivity index (χ1) is 19.3. The second-order valence-corrected chi connectivity index (χ2v) is 9.42. The van der Waals surface area contributed by atoms with Gasteiger partial charge in [0.2, 0.25) is 0 Å². The molecule has 5 nitrogen and oxygen atoms in total. The van der Waals surface area contributed by atoms with Gasteiger partial charge in [-0.05, 0) is 38.1 Å². The van der Waals surface area contributed by atoms with Crippen LogP contribution < -0.4 is 4.57 Å². The van der Waals surface area contributed by atoms with E-state index in [0.29, 0.717) is 0 Å². The number of furan rings is 1. The summed E-state index contributed by atoms with van der Waals surface area (Å²) >= 11 is 0. The molecule has 6 aromatic rings. The molecule has 206 valence electrons. The number of ketones is 2. The molecular formula is C35H30IrN2O3+. The second kappa shape index (κ2) is 14.9. The fourth-order valence-electron chi connectivity index (χ4n) is 4.09. The minimum Gasteiger partial charge on any atom is -0.510 e. The average Bonchev–Trinajstić information content (AvgIpc) is 3.33. The number of para-hydroxylation sites is 1. The van der Waals surface area contributed by atoms with Crippen molar-refractivity contribution in [1.82, 2.24) is 4.98 Å². The molecule has 6 rings (SSSR count). The number of Topliss-reactive ketones (excluding diaryl/α,β-unsaturated/α-hetero) is 2. The Hall–Kier alpha value is -4.25. The van der Waals surface area contributed by atoms with Crippen LogP contribution in [-0.2, 0) is 36.7 Å². The van der Waals surface area contributed by atoms with Gasteiger partial charge in [-0.2, -0.15) is 29.3 Å². The predicted molar refractivity (Wildman–Crippen MR) is 157 cm³/mol. The van der Waals surface area contributed by atoms with Crippen LogP contribution in [0.15, 0.2) is 102 Å². The van der Waals surface area contributed by atoms with Crippen molar-refractivity contribution in [3.63, 3.8) is 0 Å². The summed E-state index contributed by atoms with van der Waals surface area (Å²) in [5.74, 6) is -0.125. The Morgan fingerprint density at radius 1 is 0.829 bits per heavy atom. The zero-order valence-electron chi connectivity index (χ0n) is 23.4. The summed E-state index contributed by atoms with van der Waals surface area (Å²) in [5.41, 5.74) is 6.92. The van der Waals surface area contributed by atoms with E-state index in [2.05, 4.69) is 35.4 Å². The summed E-state index contributed by atoms with van der Waals surface area (Å²) in [6, 6.07) is 34.5. The average molecular weight is 719 g/mol. The maximum atomic E-state index is 10.0. The van der Waals surface area contributed by atoms with Crippen LogP contribution in [0.2, 0.25) is 0 Å². The zero-order valence-corrected chi connectivity index (χ0v) is 25.8. The van der Waals surface area contributed by atoms with E-state index in [1.807, 2.05) is 104 Å². The van der Waals surface area contributed by atoms with Crippen LogP contribution in [0.25, 0.3) is 44.3 Å². The van der Waals surface area contributed by atoms with Crippen molar-refractivity contribution in [1.29, 1.82) is 0 Å². The Bertz CT molecular complexity index is 1730. The molecule has 0 radical (unpaired) electrons. The van der Waals surface area contributed by atoms with Gasteiger partial charge in [0, 0.05) is 17.2 Å². The third-order valence-electron chi connectivity index (χ3n) is 5.87. The molecule has 0 spiro atoms. The molecule has 3 aromatic carbocycles. The van der Waals surface area contributed by atoms with E-state index in [1.165, 1.54) is 19.4 Å². The summed E-state index contributed by atoms with van der Waals surface area (Å²) in [6.45, 7) is 4.84. The van der Waals surface area contributed by atoms with Crippen molar-refractivity contribution < 1.29 is 38.7 Å². The van der Waals surface area contributed by atoms with Crippen LogP contribution in [0.5, 0.6) is 0 Å². The van der Waals surface area contributed by atoms with Gasteiger partial charge >= 0.3 is 20.1 Å². The van der Waals surface area contributed by atoms with Crippen LogP contribution in [0.1, 0.15) is 25.8 Å². The van der Waals surface area contributed by atoms with Crippen molar-refractivity contribution in [3.05, 3.63) is 121 Å². The molecule has 0 N–H and O–H groups in total. The number of fused-ring (bicyclic) bond motifs is 3. The molecule has 3 heterocycles. The number of hydrogen-bond acceptors (Lipinski definition) is 4. The number of aromatic nitrogens is 2. The van der Waals surface area contributed by atoms with Crippen LogP contribution in [0.3, 0.4) is 0 Å². The molecule has 0 saturated carbocycles. The van der Waals surface area contributed by atoms with E-state index in [9.17, 15) is 9.59 Å². The first-order valence-electron chi connectivity index (χ1n) is 12.9. The molecule has 0 aliphatic carbocycles. The third kappa shape index (κ3) is 8.62. The summed E-state index contributed by atoms with van der Waals surface area (Å²) in [6.07, 6.45) is 7.20. The van der Waals surface area contributed by atoms with E-state index in [1.54, 1.807) is 0 Å². The molecule has 41 heavy (non-hydrogen) atoms. The summed E-state index contributed by atoms with van der Waals surface area (Å²) < 4.78 is 7.92. The van der Waals surface area contributed by atoms with Crippen molar-refractivity contribution in [3.8, 4) is 22.4 Å². The summed E-state index contributed by atoms with van der Waals surface area (Å²) in [5, 5.41) is 2.26.